The Balaban J connectivity index is 1.59. The van der Waals surface area contributed by atoms with Gasteiger partial charge in [-0.05, 0) is 35.9 Å². The highest BCUT2D eigenvalue weighted by atomic mass is 16.5. The molecule has 0 saturated carbocycles. The first kappa shape index (κ1) is 14.9. The molecule has 0 radical (unpaired) electrons. The smallest absolute Gasteiger partial charge is 0.331 e. The summed E-state index contributed by atoms with van der Waals surface area (Å²) in [6, 6.07) is 17.0. The number of furan rings is 1. The van der Waals surface area contributed by atoms with Crippen molar-refractivity contribution in [1.82, 2.24) is 0 Å². The molecule has 0 fully saturated rings. The van der Waals surface area contributed by atoms with Crippen molar-refractivity contribution >= 4 is 23.0 Å². The lowest BCUT2D eigenvalue weighted by molar-refractivity contribution is -0.139. The lowest BCUT2D eigenvalue weighted by Crippen LogP contribution is -1.99. The number of benzene rings is 2. The van der Waals surface area contributed by atoms with Crippen LogP contribution in [0.1, 0.15) is 11.3 Å². The molecule has 3 rings (SSSR count). The molecule has 0 aliphatic rings. The van der Waals surface area contributed by atoms with Crippen LogP contribution >= 0.6 is 0 Å². The number of para-hydroxylation sites is 1. The molecule has 0 amide bonds. The third kappa shape index (κ3) is 3.80. The molecule has 4 nitrogen and oxygen atoms in total. The van der Waals surface area contributed by atoms with E-state index in [9.17, 15) is 4.79 Å². The largest absolute Gasteiger partial charge is 0.497 e. The highest BCUT2D eigenvalue weighted by molar-refractivity contribution is 5.87. The molecule has 1 aromatic heterocycles. The fourth-order valence-corrected chi connectivity index (χ4v) is 2.21. The van der Waals surface area contributed by atoms with Crippen LogP contribution in [-0.2, 0) is 16.1 Å². The minimum atomic E-state index is -0.423. The first-order valence-electron chi connectivity index (χ1n) is 7.21. The van der Waals surface area contributed by atoms with E-state index in [1.54, 1.807) is 13.2 Å². The number of methoxy groups -OCH3 is 1. The second kappa shape index (κ2) is 6.83. The first-order chi connectivity index (χ1) is 11.2. The van der Waals surface area contributed by atoms with Gasteiger partial charge in [-0.15, -0.1) is 0 Å². The Morgan fingerprint density at radius 1 is 1.13 bits per heavy atom. The van der Waals surface area contributed by atoms with Gasteiger partial charge in [0.1, 0.15) is 23.7 Å². The van der Waals surface area contributed by atoms with Crippen LogP contribution in [0.5, 0.6) is 5.75 Å². The van der Waals surface area contributed by atoms with E-state index in [1.807, 2.05) is 54.6 Å². The van der Waals surface area contributed by atoms with Crippen molar-refractivity contribution in [2.75, 3.05) is 7.11 Å². The minimum Gasteiger partial charge on any atom is -0.497 e. The maximum absolute atomic E-state index is 11.8. The Morgan fingerprint density at radius 2 is 2.00 bits per heavy atom. The average Bonchev–Trinajstić information content (AvgIpc) is 3.01. The monoisotopic (exact) mass is 308 g/mol. The molecule has 0 aliphatic heterocycles. The van der Waals surface area contributed by atoms with Gasteiger partial charge in [0.05, 0.1) is 7.11 Å². The van der Waals surface area contributed by atoms with Gasteiger partial charge in [0, 0.05) is 11.5 Å². The van der Waals surface area contributed by atoms with Gasteiger partial charge in [-0.3, -0.25) is 0 Å². The second-order valence-corrected chi connectivity index (χ2v) is 4.97. The van der Waals surface area contributed by atoms with Crippen molar-refractivity contribution in [3.63, 3.8) is 0 Å². The predicted molar refractivity (Wildman–Crippen MR) is 88.0 cm³/mol. The lowest BCUT2D eigenvalue weighted by atomic mass is 10.2. The summed E-state index contributed by atoms with van der Waals surface area (Å²) in [6.45, 7) is 0.107. The zero-order chi connectivity index (χ0) is 16.1. The van der Waals surface area contributed by atoms with Gasteiger partial charge >= 0.3 is 5.97 Å². The van der Waals surface area contributed by atoms with E-state index in [0.717, 1.165) is 22.3 Å². The molecule has 0 aliphatic carbocycles. The fraction of sp³-hybridized carbons (Fsp3) is 0.105. The maximum Gasteiger partial charge on any atom is 0.331 e. The molecule has 2 aromatic carbocycles. The standard InChI is InChI=1S/C19H16O4/c1-21-16-7-4-5-14(11-16)9-10-19(20)22-13-17-12-15-6-2-3-8-18(15)23-17/h2-12H,13H2,1H3/b10-9+. The Labute approximate surface area is 133 Å². The highest BCUT2D eigenvalue weighted by Crippen LogP contribution is 2.19. The van der Waals surface area contributed by atoms with E-state index in [-0.39, 0.29) is 6.61 Å². The van der Waals surface area contributed by atoms with Crippen LogP contribution in [-0.4, -0.2) is 13.1 Å². The molecular weight excluding hydrogens is 292 g/mol. The number of hydrogen-bond acceptors (Lipinski definition) is 4. The molecular formula is C19H16O4. The van der Waals surface area contributed by atoms with Gasteiger partial charge in [0.15, 0.2) is 0 Å². The Kier molecular flexibility index (Phi) is 4.43. The number of carbonyl (C=O) groups excluding carboxylic acids is 1. The van der Waals surface area contributed by atoms with Crippen molar-refractivity contribution in [1.29, 1.82) is 0 Å². The summed E-state index contributed by atoms with van der Waals surface area (Å²) in [5.74, 6) is 0.936. The molecule has 0 unspecified atom stereocenters. The summed E-state index contributed by atoms with van der Waals surface area (Å²) in [5, 5.41) is 0.991. The summed E-state index contributed by atoms with van der Waals surface area (Å²) in [7, 11) is 1.60. The predicted octanol–water partition coefficient (Wildman–Crippen LogP) is 4.20. The van der Waals surface area contributed by atoms with E-state index < -0.39 is 5.97 Å². The first-order valence-corrected chi connectivity index (χ1v) is 7.21. The molecule has 0 N–H and O–H groups in total. The van der Waals surface area contributed by atoms with E-state index >= 15 is 0 Å². The lowest BCUT2D eigenvalue weighted by Gasteiger charge is -2.00. The Morgan fingerprint density at radius 3 is 2.83 bits per heavy atom. The second-order valence-electron chi connectivity index (χ2n) is 4.97. The molecule has 0 bridgehead atoms. The number of ether oxygens (including phenoxy) is 2. The van der Waals surface area contributed by atoms with Crippen LogP contribution in [0.25, 0.3) is 17.0 Å². The number of rotatable bonds is 5. The van der Waals surface area contributed by atoms with Crippen LogP contribution < -0.4 is 4.74 Å². The van der Waals surface area contributed by atoms with Crippen LogP contribution in [0, 0.1) is 0 Å². The summed E-state index contributed by atoms with van der Waals surface area (Å²) in [5.41, 5.74) is 1.65. The van der Waals surface area contributed by atoms with Gasteiger partial charge in [-0.2, -0.15) is 0 Å². The average molecular weight is 308 g/mol. The van der Waals surface area contributed by atoms with Gasteiger partial charge in [-0.25, -0.2) is 4.79 Å². The normalized spacial score (nSPS) is 11.0. The third-order valence-corrected chi connectivity index (χ3v) is 3.34. The van der Waals surface area contributed by atoms with Crippen molar-refractivity contribution in [3.05, 3.63) is 72.0 Å². The summed E-state index contributed by atoms with van der Waals surface area (Å²) in [6.07, 6.45) is 3.07. The number of esters is 1. The van der Waals surface area contributed by atoms with Crippen molar-refractivity contribution in [3.8, 4) is 5.75 Å². The topological polar surface area (TPSA) is 48.7 Å². The fourth-order valence-electron chi connectivity index (χ4n) is 2.21. The Hall–Kier alpha value is -3.01. The van der Waals surface area contributed by atoms with E-state index in [0.29, 0.717) is 5.76 Å². The van der Waals surface area contributed by atoms with Gasteiger partial charge in [0.2, 0.25) is 0 Å². The zero-order valence-corrected chi connectivity index (χ0v) is 12.7. The van der Waals surface area contributed by atoms with Gasteiger partial charge < -0.3 is 13.9 Å². The summed E-state index contributed by atoms with van der Waals surface area (Å²) >= 11 is 0. The third-order valence-electron chi connectivity index (χ3n) is 3.34. The molecule has 23 heavy (non-hydrogen) atoms. The van der Waals surface area contributed by atoms with Crippen molar-refractivity contribution < 1.29 is 18.7 Å². The SMILES string of the molecule is COc1cccc(/C=C/C(=O)OCc2cc3ccccc3o2)c1. The maximum atomic E-state index is 11.8. The van der Waals surface area contributed by atoms with Crippen molar-refractivity contribution in [2.45, 2.75) is 6.61 Å². The number of hydrogen-bond donors (Lipinski definition) is 0. The molecule has 3 aromatic rings. The summed E-state index contributed by atoms with van der Waals surface area (Å²) in [4.78, 5) is 11.8. The van der Waals surface area contributed by atoms with E-state index in [2.05, 4.69) is 0 Å². The number of carbonyl (C=O) groups is 1. The highest BCUT2D eigenvalue weighted by Gasteiger charge is 2.05. The van der Waals surface area contributed by atoms with Crippen LogP contribution in [0.15, 0.2) is 65.1 Å². The quantitative estimate of drug-likeness (QED) is 0.523. The van der Waals surface area contributed by atoms with Crippen LogP contribution in [0.4, 0.5) is 0 Å². The molecule has 4 heteroatoms. The van der Waals surface area contributed by atoms with Gasteiger partial charge in [-0.1, -0.05) is 30.3 Å². The minimum absolute atomic E-state index is 0.107. The van der Waals surface area contributed by atoms with Crippen LogP contribution in [0.2, 0.25) is 0 Å². The number of fused-ring (bicyclic) bond motifs is 1. The molecule has 116 valence electrons. The zero-order valence-electron chi connectivity index (χ0n) is 12.7. The molecule has 0 saturated heterocycles. The van der Waals surface area contributed by atoms with Crippen molar-refractivity contribution in [2.24, 2.45) is 0 Å². The molecule has 1 heterocycles. The molecule has 0 atom stereocenters. The molecule has 0 spiro atoms. The van der Waals surface area contributed by atoms with E-state index in [4.69, 9.17) is 13.9 Å². The van der Waals surface area contributed by atoms with Gasteiger partial charge in [0.25, 0.3) is 0 Å². The van der Waals surface area contributed by atoms with Crippen LogP contribution in [0.3, 0.4) is 0 Å². The van der Waals surface area contributed by atoms with E-state index in [1.165, 1.54) is 6.08 Å². The summed E-state index contributed by atoms with van der Waals surface area (Å²) < 4.78 is 15.9. The Bertz CT molecular complexity index is 812.